The van der Waals surface area contributed by atoms with Crippen LogP contribution in [-0.2, 0) is 16.2 Å². The lowest BCUT2D eigenvalue weighted by Crippen LogP contribution is -2.18. The molecule has 2 aliphatic carbocycles. The highest BCUT2D eigenvalue weighted by atomic mass is 32.1. The molecule has 0 saturated carbocycles. The van der Waals surface area contributed by atoms with Gasteiger partial charge in [0.25, 0.3) is 0 Å². The van der Waals surface area contributed by atoms with Gasteiger partial charge in [0.1, 0.15) is 5.82 Å². The molecule has 2 aromatic heterocycles. The number of Topliss-reactive ketones (excluding diaryl/α,β-unsaturated/α-hetero) is 2. The number of fused-ring (bicyclic) bond motifs is 4. The molecule has 0 unspecified atom stereocenters. The lowest BCUT2D eigenvalue weighted by atomic mass is 9.83. The van der Waals surface area contributed by atoms with E-state index in [0.29, 0.717) is 11.1 Å². The van der Waals surface area contributed by atoms with E-state index in [4.69, 9.17) is 4.98 Å². The van der Waals surface area contributed by atoms with Crippen LogP contribution in [0.15, 0.2) is 96.7 Å². The van der Waals surface area contributed by atoms with Crippen LogP contribution in [0.1, 0.15) is 103 Å². The van der Waals surface area contributed by atoms with Crippen molar-refractivity contribution in [1.82, 2.24) is 4.98 Å². The van der Waals surface area contributed by atoms with Crippen LogP contribution in [0, 0.1) is 0 Å². The molecule has 3 aromatic carbocycles. The Labute approximate surface area is 281 Å². The summed E-state index contributed by atoms with van der Waals surface area (Å²) in [5, 5.41) is 0. The van der Waals surface area contributed by atoms with E-state index in [1.807, 2.05) is 6.20 Å². The molecule has 0 atom stereocenters. The fraction of sp³-hybridized carbons (Fsp3) is 0.262. The maximum Gasteiger partial charge on any atom is 0.197 e. The average molecular weight is 637 g/mol. The Kier molecular flexibility index (Phi) is 7.07. The summed E-state index contributed by atoms with van der Waals surface area (Å²) in [6.07, 6.45) is 3.77. The molecule has 0 aliphatic heterocycles. The van der Waals surface area contributed by atoms with Gasteiger partial charge in [0.2, 0.25) is 0 Å². The Morgan fingerprint density at radius 3 is 1.68 bits per heavy atom. The van der Waals surface area contributed by atoms with Gasteiger partial charge in [-0.25, -0.2) is 4.98 Å². The Bertz CT molecular complexity index is 2010. The number of nitrogens with zero attached hydrogens (tertiary/aromatic N) is 2. The van der Waals surface area contributed by atoms with Gasteiger partial charge in [-0.1, -0.05) is 104 Å². The Hall–Kier alpha value is -4.61. The van der Waals surface area contributed by atoms with Gasteiger partial charge in [0.15, 0.2) is 11.6 Å². The third-order valence-corrected chi connectivity index (χ3v) is 10.8. The Balaban J connectivity index is 1.29. The van der Waals surface area contributed by atoms with Gasteiger partial charge >= 0.3 is 0 Å². The number of carbonyl (C=O) groups excluding carboxylic acids is 2. The van der Waals surface area contributed by atoms with Crippen molar-refractivity contribution >= 4 is 46.2 Å². The highest BCUT2D eigenvalue weighted by Crippen LogP contribution is 2.53. The first-order chi connectivity index (χ1) is 22.1. The quantitative estimate of drug-likeness (QED) is 0.145. The topological polar surface area (TPSA) is 50.3 Å². The number of hydrogen-bond acceptors (Lipinski definition) is 5. The zero-order valence-electron chi connectivity index (χ0n) is 28.4. The summed E-state index contributed by atoms with van der Waals surface area (Å²) in [4.78, 5) is 35.5. The molecular weight excluding hydrogens is 597 g/mol. The number of rotatable bonds is 4. The summed E-state index contributed by atoms with van der Waals surface area (Å²) in [6.45, 7) is 17.9. The predicted octanol–water partition coefficient (Wildman–Crippen LogP) is 11.0. The second-order valence-electron chi connectivity index (χ2n) is 15.3. The van der Waals surface area contributed by atoms with E-state index >= 15 is 0 Å². The molecule has 236 valence electrons. The summed E-state index contributed by atoms with van der Waals surface area (Å²) < 4.78 is 0. The molecular formula is C42H40N2O2S. The number of ketones is 2. The number of benzene rings is 3. The highest BCUT2D eigenvalue weighted by Gasteiger charge is 2.39. The van der Waals surface area contributed by atoms with Crippen LogP contribution in [0.5, 0.6) is 0 Å². The number of aromatic nitrogens is 1. The predicted molar refractivity (Wildman–Crippen MR) is 195 cm³/mol. The van der Waals surface area contributed by atoms with Crippen molar-refractivity contribution in [2.75, 3.05) is 4.90 Å². The largest absolute Gasteiger partial charge is 0.295 e. The molecule has 5 aromatic rings. The summed E-state index contributed by atoms with van der Waals surface area (Å²) in [6, 6.07) is 29.1. The molecule has 7 rings (SSSR count). The number of pyridine rings is 1. The van der Waals surface area contributed by atoms with E-state index in [9.17, 15) is 9.59 Å². The average Bonchev–Trinajstić information content (AvgIpc) is 3.63. The van der Waals surface area contributed by atoms with Gasteiger partial charge in [-0.15, -0.1) is 11.3 Å². The van der Waals surface area contributed by atoms with Gasteiger partial charge in [-0.3, -0.25) is 14.5 Å². The second kappa shape index (κ2) is 10.7. The van der Waals surface area contributed by atoms with E-state index in [0.717, 1.165) is 32.5 Å². The second-order valence-corrected chi connectivity index (χ2v) is 16.4. The van der Waals surface area contributed by atoms with E-state index in [1.54, 1.807) is 41.7 Å². The van der Waals surface area contributed by atoms with Gasteiger partial charge in [0.05, 0.1) is 5.57 Å². The number of thiophene rings is 1. The van der Waals surface area contributed by atoms with Gasteiger partial charge in [-0.2, -0.15) is 0 Å². The molecule has 0 N–H and O–H groups in total. The van der Waals surface area contributed by atoms with Crippen LogP contribution >= 0.6 is 11.3 Å². The maximum atomic E-state index is 13.1. The fourth-order valence-electron chi connectivity index (χ4n) is 6.74. The molecule has 2 aliphatic rings. The van der Waals surface area contributed by atoms with Gasteiger partial charge < -0.3 is 0 Å². The molecule has 4 nitrogen and oxygen atoms in total. The normalized spacial score (nSPS) is 15.0. The lowest BCUT2D eigenvalue weighted by Gasteiger charge is -2.28. The first kappa shape index (κ1) is 31.0. The monoisotopic (exact) mass is 636 g/mol. The summed E-state index contributed by atoms with van der Waals surface area (Å²) in [5.74, 6) is 0.467. The summed E-state index contributed by atoms with van der Waals surface area (Å²) >= 11 is 1.62. The molecule has 0 fully saturated rings. The third-order valence-electron chi connectivity index (χ3n) is 9.64. The van der Waals surface area contributed by atoms with Crippen molar-refractivity contribution in [1.29, 1.82) is 0 Å². The Morgan fingerprint density at radius 2 is 1.19 bits per heavy atom. The standard InChI is InChI=1S/C42H40N2O2S/c1-40(2,3)25-13-17-27(18-14-25)44(28-19-15-26(16-20-28)41(4,5)6)36-23-34-33(24-43-36)39-35(42(34,7)8)22-29(47-39)21-32-37(45)30-11-9-10-12-31(30)38(32)46/h9-24H,1-8H3. The minimum atomic E-state index is -0.292. The number of anilines is 3. The van der Waals surface area contributed by atoms with E-state index in [1.165, 1.54) is 22.3 Å². The minimum Gasteiger partial charge on any atom is -0.295 e. The van der Waals surface area contributed by atoms with Crippen molar-refractivity contribution in [3.05, 3.63) is 135 Å². The van der Waals surface area contributed by atoms with Crippen LogP contribution in [0.25, 0.3) is 16.5 Å². The van der Waals surface area contributed by atoms with Crippen molar-refractivity contribution < 1.29 is 9.59 Å². The Morgan fingerprint density at radius 1 is 0.681 bits per heavy atom. The van der Waals surface area contributed by atoms with Crippen LogP contribution in [0.2, 0.25) is 0 Å². The van der Waals surface area contributed by atoms with Crippen LogP contribution in [0.3, 0.4) is 0 Å². The number of allylic oxidation sites excluding steroid dienone is 1. The van der Waals surface area contributed by atoms with Crippen molar-refractivity contribution in [2.45, 2.75) is 71.6 Å². The van der Waals surface area contributed by atoms with Crippen molar-refractivity contribution in [2.24, 2.45) is 0 Å². The van der Waals surface area contributed by atoms with Crippen LogP contribution in [-0.4, -0.2) is 16.6 Å². The molecule has 0 radical (unpaired) electrons. The van der Waals surface area contributed by atoms with E-state index in [-0.39, 0.29) is 33.4 Å². The molecule has 0 spiro atoms. The van der Waals surface area contributed by atoms with Gasteiger partial charge in [-0.05, 0) is 75.6 Å². The van der Waals surface area contributed by atoms with Crippen LogP contribution in [0.4, 0.5) is 17.2 Å². The smallest absolute Gasteiger partial charge is 0.197 e. The summed E-state index contributed by atoms with van der Waals surface area (Å²) in [5.41, 5.74) is 9.22. The van der Waals surface area contributed by atoms with E-state index < -0.39 is 0 Å². The highest BCUT2D eigenvalue weighted by molar-refractivity contribution is 7.16. The molecule has 2 heterocycles. The lowest BCUT2D eigenvalue weighted by molar-refractivity contribution is 0.0990. The molecule has 0 bridgehead atoms. The number of carbonyl (C=O) groups is 2. The zero-order chi connectivity index (χ0) is 33.5. The van der Waals surface area contributed by atoms with Crippen molar-refractivity contribution in [3.63, 3.8) is 0 Å². The van der Waals surface area contributed by atoms with Crippen molar-refractivity contribution in [3.8, 4) is 10.4 Å². The zero-order valence-corrected chi connectivity index (χ0v) is 29.2. The number of hydrogen-bond donors (Lipinski definition) is 0. The molecule has 0 amide bonds. The maximum absolute atomic E-state index is 13.1. The molecule has 47 heavy (non-hydrogen) atoms. The van der Waals surface area contributed by atoms with Crippen LogP contribution < -0.4 is 4.90 Å². The minimum absolute atomic E-state index is 0.0576. The van der Waals surface area contributed by atoms with E-state index in [2.05, 4.69) is 121 Å². The SMILES string of the molecule is CC(C)(C)c1ccc(N(c2ccc(C(C)(C)C)cc2)c2cc3c(cn2)-c2sc(C=C4C(=O)c5ccccc5C4=O)cc2C3(C)C)cc1. The summed E-state index contributed by atoms with van der Waals surface area (Å²) in [7, 11) is 0. The molecule has 5 heteroatoms. The third kappa shape index (κ3) is 5.18. The first-order valence-corrected chi connectivity index (χ1v) is 17.0. The first-order valence-electron chi connectivity index (χ1n) is 16.2. The fourth-order valence-corrected chi connectivity index (χ4v) is 8.02. The molecule has 0 saturated heterocycles. The van der Waals surface area contributed by atoms with Gasteiger partial charge in [0, 0.05) is 49.4 Å².